The molecule has 0 aromatic heterocycles. The molecular formula is C10H20N2O2. The second-order valence-corrected chi connectivity index (χ2v) is 3.70. The maximum absolute atomic E-state index is 11.4. The summed E-state index contributed by atoms with van der Waals surface area (Å²) >= 11 is 0. The maximum atomic E-state index is 11.4. The van der Waals surface area contributed by atoms with Crippen LogP contribution in [0.5, 0.6) is 0 Å². The summed E-state index contributed by atoms with van der Waals surface area (Å²) in [4.78, 5) is 11.4. The van der Waals surface area contributed by atoms with Crippen molar-refractivity contribution in [2.24, 2.45) is 0 Å². The zero-order valence-electron chi connectivity index (χ0n) is 9.01. The van der Waals surface area contributed by atoms with Gasteiger partial charge in [-0.3, -0.25) is 4.79 Å². The second-order valence-electron chi connectivity index (χ2n) is 3.70. The molecule has 1 saturated heterocycles. The minimum atomic E-state index is -0.320. The van der Waals surface area contributed by atoms with E-state index in [1.807, 2.05) is 0 Å². The second kappa shape index (κ2) is 5.98. The Hall–Kier alpha value is -0.610. The SMILES string of the molecule is CCCCNC(=O)C(C)OC1CNC1. The molecule has 0 spiro atoms. The maximum Gasteiger partial charge on any atom is 0.248 e. The van der Waals surface area contributed by atoms with Crippen molar-refractivity contribution in [3.63, 3.8) is 0 Å². The van der Waals surface area contributed by atoms with E-state index in [0.717, 1.165) is 32.5 Å². The van der Waals surface area contributed by atoms with E-state index in [4.69, 9.17) is 4.74 Å². The van der Waals surface area contributed by atoms with Gasteiger partial charge in [-0.1, -0.05) is 13.3 Å². The Kier molecular flexibility index (Phi) is 4.90. The highest BCUT2D eigenvalue weighted by molar-refractivity contribution is 5.80. The van der Waals surface area contributed by atoms with Crippen molar-refractivity contribution in [2.45, 2.75) is 38.9 Å². The lowest BCUT2D eigenvalue weighted by molar-refractivity contribution is -0.137. The van der Waals surface area contributed by atoms with Crippen molar-refractivity contribution in [1.82, 2.24) is 10.6 Å². The van der Waals surface area contributed by atoms with Crippen LogP contribution in [0.1, 0.15) is 26.7 Å². The summed E-state index contributed by atoms with van der Waals surface area (Å²) in [5.41, 5.74) is 0. The Balaban J connectivity index is 2.08. The van der Waals surface area contributed by atoms with Crippen LogP contribution in [0.3, 0.4) is 0 Å². The van der Waals surface area contributed by atoms with Gasteiger partial charge in [-0.25, -0.2) is 0 Å². The number of nitrogens with one attached hydrogen (secondary N) is 2. The van der Waals surface area contributed by atoms with Gasteiger partial charge in [0, 0.05) is 19.6 Å². The molecular weight excluding hydrogens is 180 g/mol. The molecule has 1 rings (SSSR count). The Bertz CT molecular complexity index is 181. The highest BCUT2D eigenvalue weighted by Gasteiger charge is 2.23. The molecule has 1 unspecified atom stereocenters. The molecule has 1 amide bonds. The van der Waals surface area contributed by atoms with Crippen LogP contribution in [0.25, 0.3) is 0 Å². The van der Waals surface area contributed by atoms with Gasteiger partial charge in [0.25, 0.3) is 0 Å². The average Bonchev–Trinajstić information content (AvgIpc) is 2.11. The zero-order chi connectivity index (χ0) is 10.4. The molecule has 0 aromatic carbocycles. The van der Waals surface area contributed by atoms with E-state index in [0.29, 0.717) is 0 Å². The van der Waals surface area contributed by atoms with Gasteiger partial charge in [-0.05, 0) is 13.3 Å². The molecule has 4 nitrogen and oxygen atoms in total. The summed E-state index contributed by atoms with van der Waals surface area (Å²) in [6, 6.07) is 0. The third kappa shape index (κ3) is 3.64. The number of amides is 1. The molecule has 1 heterocycles. The summed E-state index contributed by atoms with van der Waals surface area (Å²) in [5, 5.41) is 5.95. The molecule has 0 aliphatic carbocycles. The molecule has 4 heteroatoms. The number of rotatable bonds is 6. The van der Waals surface area contributed by atoms with Gasteiger partial charge >= 0.3 is 0 Å². The van der Waals surface area contributed by atoms with Crippen LogP contribution in [0, 0.1) is 0 Å². The topological polar surface area (TPSA) is 50.4 Å². The van der Waals surface area contributed by atoms with Crippen LogP contribution in [0.15, 0.2) is 0 Å². The van der Waals surface area contributed by atoms with Crippen molar-refractivity contribution < 1.29 is 9.53 Å². The standard InChI is InChI=1S/C10H20N2O2/c1-3-4-5-12-10(13)8(2)14-9-6-11-7-9/h8-9,11H,3-7H2,1-2H3,(H,12,13). The molecule has 1 aliphatic heterocycles. The fourth-order valence-corrected chi connectivity index (χ4v) is 1.24. The molecule has 1 atom stereocenters. The Morgan fingerprint density at radius 2 is 2.36 bits per heavy atom. The van der Waals surface area contributed by atoms with Gasteiger partial charge in [0.2, 0.25) is 5.91 Å². The van der Waals surface area contributed by atoms with Crippen LogP contribution in [-0.4, -0.2) is 37.7 Å². The monoisotopic (exact) mass is 200 g/mol. The molecule has 82 valence electrons. The quantitative estimate of drug-likeness (QED) is 0.605. The Morgan fingerprint density at radius 3 is 2.86 bits per heavy atom. The van der Waals surface area contributed by atoms with Gasteiger partial charge < -0.3 is 15.4 Å². The summed E-state index contributed by atoms with van der Waals surface area (Å²) in [6.07, 6.45) is 2.03. The molecule has 0 radical (unpaired) electrons. The van der Waals surface area contributed by atoms with Gasteiger partial charge in [-0.2, -0.15) is 0 Å². The summed E-state index contributed by atoms with van der Waals surface area (Å²) in [6.45, 7) is 6.40. The number of unbranched alkanes of at least 4 members (excludes halogenated alkanes) is 1. The van der Waals surface area contributed by atoms with E-state index >= 15 is 0 Å². The molecule has 0 aromatic rings. The molecule has 0 bridgehead atoms. The van der Waals surface area contributed by atoms with E-state index in [9.17, 15) is 4.79 Å². The van der Waals surface area contributed by atoms with E-state index in [1.165, 1.54) is 0 Å². The molecule has 0 saturated carbocycles. The Morgan fingerprint density at radius 1 is 1.64 bits per heavy atom. The number of ether oxygens (including phenoxy) is 1. The van der Waals surface area contributed by atoms with Gasteiger partial charge in [0.15, 0.2) is 0 Å². The van der Waals surface area contributed by atoms with E-state index < -0.39 is 0 Å². The molecule has 14 heavy (non-hydrogen) atoms. The predicted octanol–water partition coefficient (Wildman–Crippen LogP) is 0.280. The minimum Gasteiger partial charge on any atom is -0.363 e. The lowest BCUT2D eigenvalue weighted by atomic mass is 10.2. The first kappa shape index (κ1) is 11.5. The summed E-state index contributed by atoms with van der Waals surface area (Å²) < 4.78 is 5.50. The third-order valence-electron chi connectivity index (χ3n) is 2.34. The summed E-state index contributed by atoms with van der Waals surface area (Å²) in [7, 11) is 0. The van der Waals surface area contributed by atoms with Gasteiger partial charge in [-0.15, -0.1) is 0 Å². The van der Waals surface area contributed by atoms with Crippen molar-refractivity contribution in [2.75, 3.05) is 19.6 Å². The smallest absolute Gasteiger partial charge is 0.248 e. The third-order valence-corrected chi connectivity index (χ3v) is 2.34. The average molecular weight is 200 g/mol. The fourth-order valence-electron chi connectivity index (χ4n) is 1.24. The summed E-state index contributed by atoms with van der Waals surface area (Å²) in [5.74, 6) is 0.00495. The van der Waals surface area contributed by atoms with E-state index in [-0.39, 0.29) is 18.1 Å². The first-order valence-corrected chi connectivity index (χ1v) is 5.38. The van der Waals surface area contributed by atoms with Crippen molar-refractivity contribution in [3.8, 4) is 0 Å². The first-order valence-electron chi connectivity index (χ1n) is 5.38. The number of hydrogen-bond donors (Lipinski definition) is 2. The number of carbonyl (C=O) groups is 1. The lowest BCUT2D eigenvalue weighted by Crippen LogP contribution is -2.51. The van der Waals surface area contributed by atoms with Crippen molar-refractivity contribution in [1.29, 1.82) is 0 Å². The highest BCUT2D eigenvalue weighted by atomic mass is 16.5. The minimum absolute atomic E-state index is 0.00495. The predicted molar refractivity (Wildman–Crippen MR) is 55.1 cm³/mol. The fraction of sp³-hybridized carbons (Fsp3) is 0.900. The van der Waals surface area contributed by atoms with Crippen LogP contribution in [-0.2, 0) is 9.53 Å². The van der Waals surface area contributed by atoms with Gasteiger partial charge in [0.05, 0.1) is 6.10 Å². The lowest BCUT2D eigenvalue weighted by Gasteiger charge is -2.29. The van der Waals surface area contributed by atoms with E-state index in [2.05, 4.69) is 17.6 Å². The molecule has 2 N–H and O–H groups in total. The van der Waals surface area contributed by atoms with Crippen LogP contribution in [0.4, 0.5) is 0 Å². The first-order chi connectivity index (χ1) is 6.74. The molecule has 1 fully saturated rings. The molecule has 1 aliphatic rings. The van der Waals surface area contributed by atoms with Crippen LogP contribution < -0.4 is 10.6 Å². The Labute approximate surface area is 85.4 Å². The van der Waals surface area contributed by atoms with E-state index in [1.54, 1.807) is 6.92 Å². The van der Waals surface area contributed by atoms with Gasteiger partial charge in [0.1, 0.15) is 6.10 Å². The zero-order valence-corrected chi connectivity index (χ0v) is 9.01. The number of carbonyl (C=O) groups excluding carboxylic acids is 1. The highest BCUT2D eigenvalue weighted by Crippen LogP contribution is 2.03. The van der Waals surface area contributed by atoms with Crippen molar-refractivity contribution in [3.05, 3.63) is 0 Å². The van der Waals surface area contributed by atoms with Crippen LogP contribution >= 0.6 is 0 Å². The number of hydrogen-bond acceptors (Lipinski definition) is 3. The normalized spacial score (nSPS) is 18.7. The largest absolute Gasteiger partial charge is 0.363 e. The van der Waals surface area contributed by atoms with Crippen LogP contribution in [0.2, 0.25) is 0 Å². The van der Waals surface area contributed by atoms with Crippen molar-refractivity contribution >= 4 is 5.91 Å².